The van der Waals surface area contributed by atoms with Gasteiger partial charge in [0.25, 0.3) is 10.0 Å². The molecular formula is C35H38ClN3O4S. The molecule has 0 fully saturated rings. The number of sulfonamides is 1. The van der Waals surface area contributed by atoms with E-state index in [1.807, 2.05) is 63.2 Å². The number of amides is 2. The number of nitrogens with zero attached hydrogens (tertiary/aromatic N) is 2. The Morgan fingerprint density at radius 1 is 0.818 bits per heavy atom. The average Bonchev–Trinajstić information content (AvgIpc) is 3.01. The third kappa shape index (κ3) is 8.71. The third-order valence-corrected chi connectivity index (χ3v) is 9.12. The molecule has 230 valence electrons. The zero-order chi connectivity index (χ0) is 31.7. The van der Waals surface area contributed by atoms with Crippen LogP contribution in [-0.4, -0.2) is 44.3 Å². The van der Waals surface area contributed by atoms with Gasteiger partial charge in [0.2, 0.25) is 11.8 Å². The molecule has 0 aliphatic heterocycles. The van der Waals surface area contributed by atoms with Gasteiger partial charge in [0.15, 0.2) is 0 Å². The first-order chi connectivity index (χ1) is 21.0. The summed E-state index contributed by atoms with van der Waals surface area (Å²) in [5, 5.41) is 3.49. The number of rotatable bonds is 13. The van der Waals surface area contributed by atoms with E-state index in [1.165, 1.54) is 17.0 Å². The van der Waals surface area contributed by atoms with Gasteiger partial charge in [0.1, 0.15) is 12.6 Å². The Kier molecular flexibility index (Phi) is 11.2. The van der Waals surface area contributed by atoms with E-state index in [9.17, 15) is 18.0 Å². The highest BCUT2D eigenvalue weighted by Gasteiger charge is 2.34. The van der Waals surface area contributed by atoms with Crippen molar-refractivity contribution in [3.63, 3.8) is 0 Å². The molecule has 0 saturated carbocycles. The SMILES string of the molecule is Cc1cccc(N(CC(=O)N(Cc2cccc(Cl)c2)[C@H](Cc2ccccc2)C(=O)NCC(C)C)S(=O)(=O)c2ccccc2)c1. The molecule has 0 spiro atoms. The van der Waals surface area contributed by atoms with Crippen LogP contribution in [0.25, 0.3) is 0 Å². The molecule has 7 nitrogen and oxygen atoms in total. The highest BCUT2D eigenvalue weighted by atomic mass is 35.5. The quantitative estimate of drug-likeness (QED) is 0.189. The van der Waals surface area contributed by atoms with Crippen molar-refractivity contribution in [2.24, 2.45) is 5.92 Å². The molecule has 0 bridgehead atoms. The molecule has 1 atom stereocenters. The van der Waals surface area contributed by atoms with Crippen LogP contribution in [0.15, 0.2) is 114 Å². The number of nitrogens with one attached hydrogen (secondary N) is 1. The average molecular weight is 632 g/mol. The normalized spacial score (nSPS) is 12.0. The highest BCUT2D eigenvalue weighted by molar-refractivity contribution is 7.92. The molecular weight excluding hydrogens is 594 g/mol. The zero-order valence-corrected chi connectivity index (χ0v) is 26.8. The summed E-state index contributed by atoms with van der Waals surface area (Å²) in [5.74, 6) is -0.640. The number of hydrogen-bond acceptors (Lipinski definition) is 4. The molecule has 0 heterocycles. The van der Waals surface area contributed by atoms with Crippen LogP contribution in [0, 0.1) is 12.8 Å². The van der Waals surface area contributed by atoms with Crippen LogP contribution in [0.2, 0.25) is 5.02 Å². The van der Waals surface area contributed by atoms with E-state index < -0.39 is 28.5 Å². The summed E-state index contributed by atoms with van der Waals surface area (Å²) in [5.41, 5.74) is 2.78. The lowest BCUT2D eigenvalue weighted by atomic mass is 10.0. The van der Waals surface area contributed by atoms with Crippen molar-refractivity contribution >= 4 is 39.1 Å². The van der Waals surface area contributed by atoms with Gasteiger partial charge in [-0.3, -0.25) is 13.9 Å². The fourth-order valence-electron chi connectivity index (χ4n) is 4.84. The van der Waals surface area contributed by atoms with Crippen molar-refractivity contribution in [1.82, 2.24) is 10.2 Å². The predicted octanol–water partition coefficient (Wildman–Crippen LogP) is 6.26. The lowest BCUT2D eigenvalue weighted by Gasteiger charge is -2.34. The van der Waals surface area contributed by atoms with Crippen molar-refractivity contribution in [1.29, 1.82) is 0 Å². The molecule has 4 rings (SSSR count). The highest BCUT2D eigenvalue weighted by Crippen LogP contribution is 2.26. The first-order valence-electron chi connectivity index (χ1n) is 14.5. The van der Waals surface area contributed by atoms with Gasteiger partial charge in [-0.2, -0.15) is 0 Å². The van der Waals surface area contributed by atoms with E-state index in [1.54, 1.807) is 54.6 Å². The molecule has 0 aromatic heterocycles. The van der Waals surface area contributed by atoms with Gasteiger partial charge < -0.3 is 10.2 Å². The molecule has 9 heteroatoms. The summed E-state index contributed by atoms with van der Waals surface area (Å²) in [7, 11) is -4.14. The van der Waals surface area contributed by atoms with E-state index in [2.05, 4.69) is 5.32 Å². The second-order valence-corrected chi connectivity index (χ2v) is 13.5. The molecule has 0 aliphatic carbocycles. The lowest BCUT2D eigenvalue weighted by molar-refractivity contribution is -0.140. The van der Waals surface area contributed by atoms with Crippen molar-refractivity contribution in [2.75, 3.05) is 17.4 Å². The Morgan fingerprint density at radius 3 is 2.09 bits per heavy atom. The van der Waals surface area contributed by atoms with E-state index in [-0.39, 0.29) is 29.7 Å². The van der Waals surface area contributed by atoms with Crippen molar-refractivity contribution in [3.8, 4) is 0 Å². The summed E-state index contributed by atoms with van der Waals surface area (Å²) in [6.07, 6.45) is 0.243. The Bertz CT molecular complexity index is 1660. The Balaban J connectivity index is 1.79. The first-order valence-corrected chi connectivity index (χ1v) is 16.4. The molecule has 1 N–H and O–H groups in total. The minimum absolute atomic E-state index is 0.0546. The van der Waals surface area contributed by atoms with Gasteiger partial charge in [-0.15, -0.1) is 0 Å². The second-order valence-electron chi connectivity index (χ2n) is 11.2. The second kappa shape index (κ2) is 15.0. The van der Waals surface area contributed by atoms with Crippen LogP contribution in [0.4, 0.5) is 5.69 Å². The van der Waals surface area contributed by atoms with Gasteiger partial charge in [-0.25, -0.2) is 8.42 Å². The van der Waals surface area contributed by atoms with Crippen molar-refractivity contribution in [2.45, 2.75) is 44.7 Å². The molecule has 2 amide bonds. The topological polar surface area (TPSA) is 86.8 Å². The predicted molar refractivity (Wildman–Crippen MR) is 176 cm³/mol. The monoisotopic (exact) mass is 631 g/mol. The van der Waals surface area contributed by atoms with Gasteiger partial charge in [-0.1, -0.05) is 98.2 Å². The molecule has 4 aromatic rings. The van der Waals surface area contributed by atoms with Gasteiger partial charge in [0.05, 0.1) is 10.6 Å². The van der Waals surface area contributed by atoms with Crippen LogP contribution in [0.1, 0.15) is 30.5 Å². The van der Waals surface area contributed by atoms with Gasteiger partial charge in [0, 0.05) is 24.5 Å². The lowest BCUT2D eigenvalue weighted by Crippen LogP contribution is -2.53. The van der Waals surface area contributed by atoms with E-state index in [4.69, 9.17) is 11.6 Å². The summed E-state index contributed by atoms with van der Waals surface area (Å²) in [6.45, 7) is 5.83. The fraction of sp³-hybridized carbons (Fsp3) is 0.257. The molecule has 0 aliphatic rings. The molecule has 0 radical (unpaired) electrons. The molecule has 0 unspecified atom stereocenters. The van der Waals surface area contributed by atoms with Gasteiger partial charge >= 0.3 is 0 Å². The standard InChI is InChI=1S/C35H38ClN3O4S/c1-26(2)23-37-35(41)33(22-28-13-6-4-7-14-28)38(24-29-15-11-16-30(36)21-29)34(40)25-39(31-17-10-12-27(3)20-31)44(42,43)32-18-8-5-9-19-32/h4-21,26,33H,22-25H2,1-3H3,(H,37,41)/t33-/m1/s1. The van der Waals surface area contributed by atoms with Crippen molar-refractivity contribution < 1.29 is 18.0 Å². The minimum Gasteiger partial charge on any atom is -0.354 e. The maximum absolute atomic E-state index is 14.5. The Labute approximate surface area is 265 Å². The Morgan fingerprint density at radius 2 is 1.45 bits per heavy atom. The largest absolute Gasteiger partial charge is 0.354 e. The maximum atomic E-state index is 14.5. The maximum Gasteiger partial charge on any atom is 0.264 e. The van der Waals surface area contributed by atoms with E-state index in [0.717, 1.165) is 15.4 Å². The minimum atomic E-state index is -4.14. The van der Waals surface area contributed by atoms with E-state index in [0.29, 0.717) is 22.8 Å². The van der Waals surface area contributed by atoms with E-state index >= 15 is 0 Å². The van der Waals surface area contributed by atoms with Crippen LogP contribution in [0.3, 0.4) is 0 Å². The number of hydrogen-bond donors (Lipinski definition) is 1. The summed E-state index contributed by atoms with van der Waals surface area (Å²) in [6, 6.07) is 30.7. The Hall–Kier alpha value is -4.14. The number of halogens is 1. The number of carbonyl (C=O) groups is 2. The van der Waals surface area contributed by atoms with Gasteiger partial charge in [-0.05, 0) is 65.9 Å². The van der Waals surface area contributed by atoms with Crippen LogP contribution >= 0.6 is 11.6 Å². The van der Waals surface area contributed by atoms with Crippen LogP contribution < -0.4 is 9.62 Å². The number of aryl methyl sites for hydroxylation is 1. The number of anilines is 1. The number of benzene rings is 4. The number of carbonyl (C=O) groups excluding carboxylic acids is 2. The summed E-state index contributed by atoms with van der Waals surface area (Å²) < 4.78 is 29.2. The molecule has 4 aromatic carbocycles. The first kappa shape index (κ1) is 32.8. The summed E-state index contributed by atoms with van der Waals surface area (Å²) >= 11 is 6.30. The van der Waals surface area contributed by atoms with Crippen LogP contribution in [-0.2, 0) is 32.6 Å². The molecule has 44 heavy (non-hydrogen) atoms. The fourth-order valence-corrected chi connectivity index (χ4v) is 6.48. The smallest absolute Gasteiger partial charge is 0.264 e. The van der Waals surface area contributed by atoms with Crippen LogP contribution in [0.5, 0.6) is 0 Å². The van der Waals surface area contributed by atoms with Crippen molar-refractivity contribution in [3.05, 3.63) is 131 Å². The third-order valence-electron chi connectivity index (χ3n) is 7.10. The molecule has 0 saturated heterocycles. The zero-order valence-electron chi connectivity index (χ0n) is 25.2. The summed E-state index contributed by atoms with van der Waals surface area (Å²) in [4.78, 5) is 29.8.